The zero-order chi connectivity index (χ0) is 9.97. The molecule has 14 heavy (non-hydrogen) atoms. The van der Waals surface area contributed by atoms with Crippen LogP contribution in [0.15, 0.2) is 36.7 Å². The summed E-state index contributed by atoms with van der Waals surface area (Å²) in [6, 6.07) is 9.62. The van der Waals surface area contributed by atoms with Crippen molar-refractivity contribution in [3.8, 4) is 17.5 Å². The number of imidazole rings is 1. The summed E-state index contributed by atoms with van der Waals surface area (Å²) in [6.45, 7) is 0. The minimum atomic E-state index is 0.654. The van der Waals surface area contributed by atoms with Gasteiger partial charge in [0, 0.05) is 25.0 Å². The second kappa shape index (κ2) is 3.35. The van der Waals surface area contributed by atoms with Gasteiger partial charge >= 0.3 is 0 Å². The molecule has 0 unspecified atom stereocenters. The van der Waals surface area contributed by atoms with E-state index in [0.717, 1.165) is 11.4 Å². The summed E-state index contributed by atoms with van der Waals surface area (Å²) in [5.41, 5.74) is 1.53. The van der Waals surface area contributed by atoms with Crippen molar-refractivity contribution < 1.29 is 0 Å². The van der Waals surface area contributed by atoms with E-state index in [1.165, 1.54) is 0 Å². The van der Waals surface area contributed by atoms with E-state index in [2.05, 4.69) is 11.1 Å². The summed E-state index contributed by atoms with van der Waals surface area (Å²) in [5, 5.41) is 8.92. The molecule has 2 aromatic rings. The molecule has 68 valence electrons. The van der Waals surface area contributed by atoms with E-state index in [1.54, 1.807) is 12.3 Å². The van der Waals surface area contributed by atoms with Crippen LogP contribution in [0.3, 0.4) is 0 Å². The lowest BCUT2D eigenvalue weighted by atomic mass is 10.1. The van der Waals surface area contributed by atoms with Crippen LogP contribution >= 0.6 is 0 Å². The zero-order valence-corrected chi connectivity index (χ0v) is 7.81. The molecule has 0 bridgehead atoms. The van der Waals surface area contributed by atoms with Crippen molar-refractivity contribution in [1.82, 2.24) is 9.55 Å². The topological polar surface area (TPSA) is 41.6 Å². The number of nitrogens with zero attached hydrogens (tertiary/aromatic N) is 3. The highest BCUT2D eigenvalue weighted by molar-refractivity contribution is 5.64. The minimum Gasteiger partial charge on any atom is -0.334 e. The van der Waals surface area contributed by atoms with Gasteiger partial charge in [-0.1, -0.05) is 12.1 Å². The van der Waals surface area contributed by atoms with Crippen LogP contribution in [0.4, 0.5) is 0 Å². The third-order valence-corrected chi connectivity index (χ3v) is 2.11. The average molecular weight is 183 g/mol. The Hall–Kier alpha value is -2.08. The largest absolute Gasteiger partial charge is 0.334 e. The Morgan fingerprint density at radius 3 is 2.79 bits per heavy atom. The highest BCUT2D eigenvalue weighted by Gasteiger charge is 2.07. The Labute approximate surface area is 82.2 Å². The molecule has 0 aliphatic rings. The third-order valence-electron chi connectivity index (χ3n) is 2.11. The van der Waals surface area contributed by atoms with Crippen LogP contribution in [0.5, 0.6) is 0 Å². The first-order chi connectivity index (χ1) is 6.83. The van der Waals surface area contributed by atoms with Crippen molar-refractivity contribution >= 4 is 0 Å². The summed E-state index contributed by atoms with van der Waals surface area (Å²) in [5.74, 6) is 0.821. The van der Waals surface area contributed by atoms with Gasteiger partial charge in [0.2, 0.25) is 0 Å². The lowest BCUT2D eigenvalue weighted by Crippen LogP contribution is -1.93. The lowest BCUT2D eigenvalue weighted by molar-refractivity contribution is 0.924. The van der Waals surface area contributed by atoms with Gasteiger partial charge in [0.15, 0.2) is 0 Å². The molecule has 0 saturated carbocycles. The van der Waals surface area contributed by atoms with Gasteiger partial charge in [-0.3, -0.25) is 0 Å². The number of rotatable bonds is 1. The standard InChI is InChI=1S/C11H9N3/c1-14-7-6-13-11(14)10-5-3-2-4-9(10)8-12/h2-7H,1H3. The van der Waals surface area contributed by atoms with Crippen molar-refractivity contribution in [1.29, 1.82) is 5.26 Å². The van der Waals surface area contributed by atoms with E-state index in [9.17, 15) is 0 Å². The maximum Gasteiger partial charge on any atom is 0.140 e. The lowest BCUT2D eigenvalue weighted by Gasteiger charge is -2.02. The second-order valence-electron chi connectivity index (χ2n) is 3.02. The van der Waals surface area contributed by atoms with Gasteiger partial charge in [-0.05, 0) is 12.1 Å². The first kappa shape index (κ1) is 8.52. The molecule has 2 rings (SSSR count). The van der Waals surface area contributed by atoms with Crippen LogP contribution in [-0.2, 0) is 7.05 Å². The summed E-state index contributed by atoms with van der Waals surface area (Å²) in [6.07, 6.45) is 3.59. The normalized spacial score (nSPS) is 9.71. The van der Waals surface area contributed by atoms with E-state index in [-0.39, 0.29) is 0 Å². The number of aryl methyl sites for hydroxylation is 1. The summed E-state index contributed by atoms with van der Waals surface area (Å²) in [7, 11) is 1.91. The van der Waals surface area contributed by atoms with E-state index >= 15 is 0 Å². The highest BCUT2D eigenvalue weighted by Crippen LogP contribution is 2.20. The van der Waals surface area contributed by atoms with Crippen molar-refractivity contribution in [2.75, 3.05) is 0 Å². The van der Waals surface area contributed by atoms with Crippen molar-refractivity contribution in [2.24, 2.45) is 7.05 Å². The fourth-order valence-electron chi connectivity index (χ4n) is 1.40. The Morgan fingerprint density at radius 2 is 2.14 bits per heavy atom. The van der Waals surface area contributed by atoms with Crippen LogP contribution < -0.4 is 0 Å². The van der Waals surface area contributed by atoms with Gasteiger partial charge in [-0.15, -0.1) is 0 Å². The van der Waals surface area contributed by atoms with Crippen molar-refractivity contribution in [2.45, 2.75) is 0 Å². The van der Waals surface area contributed by atoms with E-state index < -0.39 is 0 Å². The smallest absolute Gasteiger partial charge is 0.140 e. The summed E-state index contributed by atoms with van der Waals surface area (Å²) >= 11 is 0. The average Bonchev–Trinajstić information content (AvgIpc) is 2.64. The molecule has 0 atom stereocenters. The molecule has 0 amide bonds. The number of hydrogen-bond acceptors (Lipinski definition) is 2. The van der Waals surface area contributed by atoms with Crippen LogP contribution in [0.25, 0.3) is 11.4 Å². The van der Waals surface area contributed by atoms with Crippen LogP contribution in [0.2, 0.25) is 0 Å². The second-order valence-corrected chi connectivity index (χ2v) is 3.02. The Bertz CT molecular complexity index is 491. The maximum absolute atomic E-state index is 8.92. The molecule has 0 saturated heterocycles. The first-order valence-corrected chi connectivity index (χ1v) is 4.30. The third kappa shape index (κ3) is 1.27. The van der Waals surface area contributed by atoms with Gasteiger partial charge in [0.05, 0.1) is 11.6 Å². The molecular weight excluding hydrogens is 174 g/mol. The number of aromatic nitrogens is 2. The predicted molar refractivity (Wildman–Crippen MR) is 53.4 cm³/mol. The fourth-order valence-corrected chi connectivity index (χ4v) is 1.40. The molecule has 0 aliphatic carbocycles. The molecular formula is C11H9N3. The number of hydrogen-bond donors (Lipinski definition) is 0. The molecule has 3 nitrogen and oxygen atoms in total. The van der Waals surface area contributed by atoms with E-state index in [0.29, 0.717) is 5.56 Å². The van der Waals surface area contributed by atoms with Gasteiger partial charge in [0.1, 0.15) is 5.82 Å². The molecule has 1 aromatic heterocycles. The fraction of sp³-hybridized carbons (Fsp3) is 0.0909. The summed E-state index contributed by atoms with van der Waals surface area (Å²) in [4.78, 5) is 4.21. The van der Waals surface area contributed by atoms with E-state index in [4.69, 9.17) is 5.26 Å². The highest BCUT2D eigenvalue weighted by atomic mass is 15.0. The zero-order valence-electron chi connectivity index (χ0n) is 7.81. The molecule has 0 spiro atoms. The molecule has 0 radical (unpaired) electrons. The Morgan fingerprint density at radius 1 is 1.36 bits per heavy atom. The van der Waals surface area contributed by atoms with Gasteiger partial charge in [0.25, 0.3) is 0 Å². The van der Waals surface area contributed by atoms with Gasteiger partial charge in [-0.25, -0.2) is 4.98 Å². The Kier molecular flexibility index (Phi) is 2.04. The molecule has 0 N–H and O–H groups in total. The summed E-state index contributed by atoms with van der Waals surface area (Å²) < 4.78 is 1.90. The van der Waals surface area contributed by atoms with E-state index in [1.807, 2.05) is 36.0 Å². The minimum absolute atomic E-state index is 0.654. The van der Waals surface area contributed by atoms with Gasteiger partial charge < -0.3 is 4.57 Å². The van der Waals surface area contributed by atoms with Crippen LogP contribution in [0.1, 0.15) is 5.56 Å². The monoisotopic (exact) mass is 183 g/mol. The quantitative estimate of drug-likeness (QED) is 0.678. The number of benzene rings is 1. The molecule has 1 heterocycles. The molecule has 1 aromatic carbocycles. The molecule has 3 heteroatoms. The van der Waals surface area contributed by atoms with Crippen LogP contribution in [0, 0.1) is 11.3 Å². The molecule has 0 aliphatic heterocycles. The van der Waals surface area contributed by atoms with Crippen molar-refractivity contribution in [3.63, 3.8) is 0 Å². The molecule has 0 fully saturated rings. The number of nitriles is 1. The van der Waals surface area contributed by atoms with Crippen molar-refractivity contribution in [3.05, 3.63) is 42.2 Å². The van der Waals surface area contributed by atoms with Crippen LogP contribution in [-0.4, -0.2) is 9.55 Å². The first-order valence-electron chi connectivity index (χ1n) is 4.30. The Balaban J connectivity index is 2.64. The maximum atomic E-state index is 8.92. The SMILES string of the molecule is Cn1ccnc1-c1ccccc1C#N. The predicted octanol–water partition coefficient (Wildman–Crippen LogP) is 1.96. The van der Waals surface area contributed by atoms with Gasteiger partial charge in [-0.2, -0.15) is 5.26 Å².